The fraction of sp³-hybridized carbons (Fsp3) is 0.619. The number of ketones is 1. The molecule has 0 aliphatic carbocycles. The molecule has 1 aliphatic heterocycles. The number of alkyl halides is 3. The maximum atomic E-state index is 12.8. The lowest BCUT2D eigenvalue weighted by Gasteiger charge is -2.20. The zero-order valence-corrected chi connectivity index (χ0v) is 19.4. The van der Waals surface area contributed by atoms with Crippen LogP contribution in [0, 0.1) is 13.8 Å². The number of amides is 1. The number of hydrogen-bond donors (Lipinski definition) is 0. The Labute approximate surface area is 189 Å². The van der Waals surface area contributed by atoms with Crippen LogP contribution in [0.1, 0.15) is 60.2 Å². The third-order valence-corrected chi connectivity index (χ3v) is 6.62. The van der Waals surface area contributed by atoms with Crippen molar-refractivity contribution in [3.8, 4) is 0 Å². The summed E-state index contributed by atoms with van der Waals surface area (Å²) in [6, 6.07) is 1.50. The number of carbonyl (C=O) groups excluding carboxylic acids is 2. The Morgan fingerprint density at radius 2 is 1.91 bits per heavy atom. The highest BCUT2D eigenvalue weighted by Crippen LogP contribution is 2.25. The maximum absolute atomic E-state index is 12.8. The Balaban J connectivity index is 1.69. The largest absolute Gasteiger partial charge is 0.406 e. The molecule has 1 aliphatic rings. The summed E-state index contributed by atoms with van der Waals surface area (Å²) in [5.41, 5.74) is 0.995. The number of aryl methyl sites for hydroxylation is 1. The molecule has 1 fully saturated rings. The van der Waals surface area contributed by atoms with Crippen LogP contribution in [-0.2, 0) is 24.4 Å². The highest BCUT2D eigenvalue weighted by molar-refractivity contribution is 7.99. The summed E-state index contributed by atoms with van der Waals surface area (Å²) >= 11 is 1.20. The van der Waals surface area contributed by atoms with Gasteiger partial charge in [-0.2, -0.15) is 13.2 Å². The van der Waals surface area contributed by atoms with Gasteiger partial charge in [-0.3, -0.25) is 9.59 Å². The van der Waals surface area contributed by atoms with Crippen molar-refractivity contribution in [2.24, 2.45) is 0 Å². The van der Waals surface area contributed by atoms with Gasteiger partial charge in [0.1, 0.15) is 6.54 Å². The van der Waals surface area contributed by atoms with Gasteiger partial charge in [0.05, 0.1) is 12.3 Å². The van der Waals surface area contributed by atoms with E-state index >= 15 is 0 Å². The predicted octanol–water partition coefficient (Wildman–Crippen LogP) is 4.16. The van der Waals surface area contributed by atoms with Crippen LogP contribution in [0.15, 0.2) is 11.2 Å². The minimum Gasteiger partial charge on any atom is -0.339 e. The van der Waals surface area contributed by atoms with E-state index in [1.165, 1.54) is 24.8 Å². The molecule has 0 saturated carbocycles. The van der Waals surface area contributed by atoms with Crippen molar-refractivity contribution in [3.05, 3.63) is 28.8 Å². The number of Topliss-reactive ketones (excluding diaryl/α,β-unsaturated/α-hetero) is 1. The molecule has 0 unspecified atom stereocenters. The number of halogens is 3. The van der Waals surface area contributed by atoms with Gasteiger partial charge >= 0.3 is 6.18 Å². The molecule has 0 aromatic carbocycles. The Morgan fingerprint density at radius 1 is 1.16 bits per heavy atom. The monoisotopic (exact) mass is 471 g/mol. The number of thioether (sulfide) groups is 1. The van der Waals surface area contributed by atoms with Gasteiger partial charge in [-0.05, 0) is 39.7 Å². The van der Waals surface area contributed by atoms with Crippen molar-refractivity contribution in [1.29, 1.82) is 0 Å². The number of aromatic nitrogens is 4. The van der Waals surface area contributed by atoms with E-state index in [0.717, 1.165) is 23.8 Å². The molecule has 11 heteroatoms. The summed E-state index contributed by atoms with van der Waals surface area (Å²) in [6.45, 7) is 5.58. The summed E-state index contributed by atoms with van der Waals surface area (Å²) in [5, 5.41) is 8.98. The van der Waals surface area contributed by atoms with E-state index in [1.807, 2.05) is 11.5 Å². The highest BCUT2D eigenvalue weighted by atomic mass is 32.2. The topological polar surface area (TPSA) is 73.0 Å². The zero-order valence-electron chi connectivity index (χ0n) is 18.5. The van der Waals surface area contributed by atoms with Gasteiger partial charge in [-0.25, -0.2) is 0 Å². The molecule has 0 N–H and O–H groups in total. The third kappa shape index (κ3) is 5.73. The first-order valence-electron chi connectivity index (χ1n) is 10.7. The van der Waals surface area contributed by atoms with E-state index in [9.17, 15) is 22.8 Å². The van der Waals surface area contributed by atoms with Gasteiger partial charge in [-0.15, -0.1) is 10.2 Å². The van der Waals surface area contributed by atoms with E-state index in [-0.39, 0.29) is 23.0 Å². The lowest BCUT2D eigenvalue weighted by Crippen LogP contribution is -2.31. The zero-order chi connectivity index (χ0) is 23.5. The van der Waals surface area contributed by atoms with Crippen LogP contribution < -0.4 is 0 Å². The highest BCUT2D eigenvalue weighted by Gasteiger charge is 2.30. The van der Waals surface area contributed by atoms with Gasteiger partial charge in [0.25, 0.3) is 0 Å². The van der Waals surface area contributed by atoms with Crippen LogP contribution in [0.2, 0.25) is 0 Å². The van der Waals surface area contributed by atoms with E-state index in [2.05, 4.69) is 10.2 Å². The van der Waals surface area contributed by atoms with Crippen molar-refractivity contribution in [1.82, 2.24) is 24.2 Å². The minimum absolute atomic E-state index is 0.0388. The molecular weight excluding hydrogens is 443 g/mol. The molecule has 1 amide bonds. The van der Waals surface area contributed by atoms with Crippen molar-refractivity contribution < 1.29 is 22.8 Å². The van der Waals surface area contributed by atoms with E-state index in [0.29, 0.717) is 48.4 Å². The second kappa shape index (κ2) is 10.1. The Bertz CT molecular complexity index is 983. The summed E-state index contributed by atoms with van der Waals surface area (Å²) in [5.74, 6) is 0.566. The molecular formula is C21H28F3N5O2S. The number of nitrogens with zero attached hydrogens (tertiary/aromatic N) is 5. The molecule has 2 aromatic heterocycles. The van der Waals surface area contributed by atoms with Gasteiger partial charge in [0.2, 0.25) is 5.91 Å². The molecule has 176 valence electrons. The summed E-state index contributed by atoms with van der Waals surface area (Å²) in [4.78, 5) is 26.8. The summed E-state index contributed by atoms with van der Waals surface area (Å²) in [7, 11) is 0. The first kappa shape index (κ1) is 24.3. The molecule has 7 nitrogen and oxygen atoms in total. The van der Waals surface area contributed by atoms with Crippen LogP contribution in [0.4, 0.5) is 13.2 Å². The third-order valence-electron chi connectivity index (χ3n) is 5.66. The number of rotatable bonds is 8. The summed E-state index contributed by atoms with van der Waals surface area (Å²) < 4.78 is 41.5. The maximum Gasteiger partial charge on any atom is 0.406 e. The van der Waals surface area contributed by atoms with Crippen LogP contribution in [0.3, 0.4) is 0 Å². The van der Waals surface area contributed by atoms with Crippen LogP contribution in [0.5, 0.6) is 0 Å². The summed E-state index contributed by atoms with van der Waals surface area (Å²) in [6.07, 6.45) is -0.900. The smallest absolute Gasteiger partial charge is 0.339 e. The lowest BCUT2D eigenvalue weighted by atomic mass is 10.2. The lowest BCUT2D eigenvalue weighted by molar-refractivity contribution is -0.141. The van der Waals surface area contributed by atoms with Crippen molar-refractivity contribution in [2.45, 2.75) is 77.4 Å². The second-order valence-electron chi connectivity index (χ2n) is 7.97. The molecule has 0 atom stereocenters. The van der Waals surface area contributed by atoms with Gasteiger partial charge in [-0.1, -0.05) is 18.2 Å². The second-order valence-corrected chi connectivity index (χ2v) is 8.91. The quantitative estimate of drug-likeness (QED) is 0.427. The molecule has 0 spiro atoms. The van der Waals surface area contributed by atoms with E-state index in [1.54, 1.807) is 11.8 Å². The predicted molar refractivity (Wildman–Crippen MR) is 115 cm³/mol. The van der Waals surface area contributed by atoms with E-state index in [4.69, 9.17) is 0 Å². The van der Waals surface area contributed by atoms with Crippen molar-refractivity contribution in [2.75, 3.05) is 12.3 Å². The fourth-order valence-corrected chi connectivity index (χ4v) is 4.86. The van der Waals surface area contributed by atoms with Crippen molar-refractivity contribution >= 4 is 23.5 Å². The first-order valence-corrected chi connectivity index (χ1v) is 11.7. The average molecular weight is 472 g/mol. The molecule has 3 heterocycles. The Kier molecular flexibility index (Phi) is 7.68. The normalized spacial score (nSPS) is 15.3. The van der Waals surface area contributed by atoms with Crippen molar-refractivity contribution in [3.63, 3.8) is 0 Å². The minimum atomic E-state index is -4.35. The Morgan fingerprint density at radius 3 is 2.59 bits per heavy atom. The molecule has 2 aromatic rings. The average Bonchev–Trinajstić information content (AvgIpc) is 3.15. The van der Waals surface area contributed by atoms with Crippen LogP contribution in [-0.4, -0.2) is 54.4 Å². The van der Waals surface area contributed by atoms with Crippen LogP contribution in [0.25, 0.3) is 0 Å². The Hall–Kier alpha value is -2.30. The molecule has 0 bridgehead atoms. The number of likely N-dealkylation sites (tertiary alicyclic amines) is 1. The number of hydrogen-bond acceptors (Lipinski definition) is 5. The van der Waals surface area contributed by atoms with Gasteiger partial charge in [0.15, 0.2) is 16.8 Å². The number of carbonyl (C=O) groups is 2. The standard InChI is InChI=1S/C21H28F3N5O2S/c1-4-28-18(11-27-9-7-5-6-8-19(27)31)25-26-20(28)32-12-17(30)16-10-14(2)29(15(16)3)13-21(22,23)24/h10H,4-9,11-13H2,1-3H3. The fourth-order valence-electron chi connectivity index (χ4n) is 3.95. The van der Waals surface area contributed by atoms with Gasteiger partial charge in [0, 0.05) is 36.5 Å². The molecule has 1 saturated heterocycles. The molecule has 0 radical (unpaired) electrons. The SMILES string of the molecule is CCn1c(CN2CCCCCC2=O)nnc1SCC(=O)c1cc(C)n(CC(F)(F)F)c1C. The molecule has 3 rings (SSSR count). The van der Waals surface area contributed by atoms with Crippen LogP contribution >= 0.6 is 11.8 Å². The first-order chi connectivity index (χ1) is 15.1. The molecule has 32 heavy (non-hydrogen) atoms. The van der Waals surface area contributed by atoms with E-state index < -0.39 is 12.7 Å². The van der Waals surface area contributed by atoms with Gasteiger partial charge < -0.3 is 14.0 Å².